The Kier molecular flexibility index (Phi) is 5.00. The van der Waals surface area contributed by atoms with Crippen LogP contribution in [0.25, 0.3) is 44.5 Å². The first kappa shape index (κ1) is 21.7. The molecule has 2 aliphatic rings. The number of hydrogen-bond acceptors (Lipinski definition) is 2. The fourth-order valence-corrected chi connectivity index (χ4v) is 6.05. The van der Waals surface area contributed by atoms with E-state index in [1.54, 1.807) is 0 Å². The van der Waals surface area contributed by atoms with E-state index in [0.29, 0.717) is 0 Å². The SMILES string of the molecule is Cc1ccccc1N1C=CN(c2cccc3c2-c2ccccc2-c2ccccc2-c2ccccc2-3)[C@@H]1C. The summed E-state index contributed by atoms with van der Waals surface area (Å²) in [7, 11) is 0. The average molecular weight is 477 g/mol. The van der Waals surface area contributed by atoms with Gasteiger partial charge in [0.15, 0.2) is 0 Å². The highest BCUT2D eigenvalue weighted by molar-refractivity contribution is 6.06. The van der Waals surface area contributed by atoms with E-state index < -0.39 is 0 Å². The lowest BCUT2D eigenvalue weighted by Crippen LogP contribution is -2.36. The van der Waals surface area contributed by atoms with Crippen molar-refractivity contribution < 1.29 is 0 Å². The molecule has 37 heavy (non-hydrogen) atoms. The number of anilines is 2. The van der Waals surface area contributed by atoms with E-state index in [2.05, 4.69) is 151 Å². The molecule has 0 radical (unpaired) electrons. The van der Waals surface area contributed by atoms with Crippen LogP contribution in [0.3, 0.4) is 0 Å². The maximum atomic E-state index is 2.41. The van der Waals surface area contributed by atoms with E-state index in [1.165, 1.54) is 61.4 Å². The van der Waals surface area contributed by atoms with Gasteiger partial charge in [0, 0.05) is 23.7 Å². The van der Waals surface area contributed by atoms with Crippen LogP contribution in [-0.2, 0) is 0 Å². The van der Waals surface area contributed by atoms with Crippen molar-refractivity contribution in [1.82, 2.24) is 0 Å². The number of para-hydroxylation sites is 1. The maximum Gasteiger partial charge on any atom is 0.107 e. The Morgan fingerprint density at radius 2 is 0.838 bits per heavy atom. The van der Waals surface area contributed by atoms with Crippen LogP contribution in [0.5, 0.6) is 0 Å². The minimum Gasteiger partial charge on any atom is -0.325 e. The molecule has 0 saturated carbocycles. The molecule has 5 aromatic carbocycles. The van der Waals surface area contributed by atoms with Crippen molar-refractivity contribution in [2.24, 2.45) is 0 Å². The fourth-order valence-electron chi connectivity index (χ4n) is 6.05. The molecule has 0 unspecified atom stereocenters. The van der Waals surface area contributed by atoms with E-state index in [4.69, 9.17) is 0 Å². The summed E-state index contributed by atoms with van der Waals surface area (Å²) >= 11 is 0. The second-order valence-electron chi connectivity index (χ2n) is 9.87. The Morgan fingerprint density at radius 1 is 0.432 bits per heavy atom. The van der Waals surface area contributed by atoms with Gasteiger partial charge in [0.25, 0.3) is 0 Å². The van der Waals surface area contributed by atoms with Crippen LogP contribution >= 0.6 is 0 Å². The van der Waals surface area contributed by atoms with E-state index >= 15 is 0 Å². The van der Waals surface area contributed by atoms with Crippen molar-refractivity contribution in [1.29, 1.82) is 0 Å². The first-order chi connectivity index (χ1) is 18.2. The van der Waals surface area contributed by atoms with Gasteiger partial charge in [0.2, 0.25) is 0 Å². The van der Waals surface area contributed by atoms with E-state index in [0.717, 1.165) is 0 Å². The normalized spacial score (nSPS) is 15.4. The molecular formula is C35H28N2. The smallest absolute Gasteiger partial charge is 0.107 e. The molecule has 1 heterocycles. The van der Waals surface area contributed by atoms with Crippen molar-refractivity contribution in [2.75, 3.05) is 9.80 Å². The van der Waals surface area contributed by atoms with Crippen molar-refractivity contribution in [2.45, 2.75) is 20.0 Å². The largest absolute Gasteiger partial charge is 0.325 e. The summed E-state index contributed by atoms with van der Waals surface area (Å²) in [6, 6.07) is 41.9. The quantitative estimate of drug-likeness (QED) is 0.246. The number of hydrogen-bond donors (Lipinski definition) is 0. The lowest BCUT2D eigenvalue weighted by molar-refractivity contribution is 0.749. The predicted octanol–water partition coefficient (Wildman–Crippen LogP) is 9.12. The van der Waals surface area contributed by atoms with Gasteiger partial charge >= 0.3 is 0 Å². The molecule has 0 saturated heterocycles. The number of aryl methyl sites for hydroxylation is 1. The third-order valence-corrected chi connectivity index (χ3v) is 7.83. The standard InChI is InChI=1S/C35H28N2/c1-24-12-3-10-20-33(24)36-22-23-37(25(36)2)34-21-11-19-32-30-16-7-6-15-28(30)26-13-4-5-14-27(26)29-17-8-9-18-31(29)35(32)34/h3-23,25H,1-2H3/t25-/m1/s1. The van der Waals surface area contributed by atoms with Gasteiger partial charge < -0.3 is 9.80 Å². The fraction of sp³-hybridized carbons (Fsp3) is 0.0857. The van der Waals surface area contributed by atoms with Crippen LogP contribution in [0.1, 0.15) is 12.5 Å². The Balaban J connectivity index is 1.48. The van der Waals surface area contributed by atoms with Gasteiger partial charge in [-0.3, -0.25) is 0 Å². The highest BCUT2D eigenvalue weighted by Crippen LogP contribution is 2.51. The molecule has 7 rings (SSSR count). The summed E-state index contributed by atoms with van der Waals surface area (Å²) < 4.78 is 0. The van der Waals surface area contributed by atoms with Crippen molar-refractivity contribution in [3.63, 3.8) is 0 Å². The third kappa shape index (κ3) is 3.33. The molecule has 0 amide bonds. The van der Waals surface area contributed by atoms with Crippen LogP contribution < -0.4 is 9.80 Å². The summed E-state index contributed by atoms with van der Waals surface area (Å²) in [6.07, 6.45) is 4.59. The topological polar surface area (TPSA) is 6.48 Å². The molecule has 2 heteroatoms. The molecule has 0 N–H and O–H groups in total. The summed E-state index contributed by atoms with van der Waals surface area (Å²) in [5.74, 6) is 0. The second kappa shape index (κ2) is 8.53. The van der Waals surface area contributed by atoms with Gasteiger partial charge in [0.1, 0.15) is 6.17 Å². The maximum absolute atomic E-state index is 2.41. The first-order valence-electron chi connectivity index (χ1n) is 12.9. The minimum atomic E-state index is 0.146. The monoisotopic (exact) mass is 476 g/mol. The van der Waals surface area contributed by atoms with Crippen LogP contribution in [0.2, 0.25) is 0 Å². The third-order valence-electron chi connectivity index (χ3n) is 7.83. The zero-order chi connectivity index (χ0) is 24.9. The van der Waals surface area contributed by atoms with Gasteiger partial charge in [-0.05, 0) is 70.5 Å². The zero-order valence-corrected chi connectivity index (χ0v) is 21.1. The molecular weight excluding hydrogens is 448 g/mol. The minimum absolute atomic E-state index is 0.146. The lowest BCUT2D eigenvalue weighted by Gasteiger charge is -2.33. The van der Waals surface area contributed by atoms with Crippen molar-refractivity contribution >= 4 is 11.4 Å². The van der Waals surface area contributed by atoms with Crippen LogP contribution in [-0.4, -0.2) is 6.17 Å². The molecule has 1 atom stereocenters. The lowest BCUT2D eigenvalue weighted by atomic mass is 9.80. The van der Waals surface area contributed by atoms with Crippen molar-refractivity contribution in [3.05, 3.63) is 133 Å². The highest BCUT2D eigenvalue weighted by atomic mass is 15.4. The Hall–Kier alpha value is -4.56. The predicted molar refractivity (Wildman–Crippen MR) is 156 cm³/mol. The van der Waals surface area contributed by atoms with Crippen LogP contribution in [0, 0.1) is 6.92 Å². The van der Waals surface area contributed by atoms with Crippen LogP contribution in [0.15, 0.2) is 128 Å². The van der Waals surface area contributed by atoms with Crippen molar-refractivity contribution in [3.8, 4) is 44.5 Å². The average Bonchev–Trinajstić information content (AvgIpc) is 3.33. The molecule has 5 aromatic rings. The Morgan fingerprint density at radius 3 is 1.43 bits per heavy atom. The van der Waals surface area contributed by atoms with Gasteiger partial charge in [-0.1, -0.05) is 103 Å². The van der Waals surface area contributed by atoms with Crippen LogP contribution in [0.4, 0.5) is 11.4 Å². The van der Waals surface area contributed by atoms with Gasteiger partial charge in [-0.15, -0.1) is 0 Å². The molecule has 1 aliphatic carbocycles. The molecule has 1 aliphatic heterocycles. The highest BCUT2D eigenvalue weighted by Gasteiger charge is 2.30. The molecule has 0 fully saturated rings. The summed E-state index contributed by atoms with van der Waals surface area (Å²) in [4.78, 5) is 4.78. The number of fused-ring (bicyclic) bond motifs is 8. The summed E-state index contributed by atoms with van der Waals surface area (Å²) in [5, 5.41) is 0. The number of nitrogens with zero attached hydrogens (tertiary/aromatic N) is 2. The Bertz CT molecular complexity index is 1670. The molecule has 0 spiro atoms. The summed E-state index contributed by atoms with van der Waals surface area (Å²) in [6.45, 7) is 4.46. The van der Waals surface area contributed by atoms with Gasteiger partial charge in [0.05, 0.1) is 5.69 Å². The van der Waals surface area contributed by atoms with E-state index in [1.807, 2.05) is 0 Å². The van der Waals surface area contributed by atoms with Gasteiger partial charge in [-0.2, -0.15) is 0 Å². The molecule has 0 aromatic heterocycles. The first-order valence-corrected chi connectivity index (χ1v) is 12.9. The second-order valence-corrected chi connectivity index (χ2v) is 9.87. The molecule has 2 nitrogen and oxygen atoms in total. The van der Waals surface area contributed by atoms with E-state index in [9.17, 15) is 0 Å². The molecule has 178 valence electrons. The number of benzene rings is 5. The van der Waals surface area contributed by atoms with Gasteiger partial charge in [-0.25, -0.2) is 0 Å². The summed E-state index contributed by atoms with van der Waals surface area (Å²) in [5.41, 5.74) is 13.9. The zero-order valence-electron chi connectivity index (χ0n) is 21.1. The molecule has 0 bridgehead atoms. The number of rotatable bonds is 2. The Labute approximate surface area is 218 Å². The van der Waals surface area contributed by atoms with E-state index in [-0.39, 0.29) is 6.17 Å².